The second-order valence-corrected chi connectivity index (χ2v) is 7.29. The van der Waals surface area contributed by atoms with Crippen LogP contribution in [-0.4, -0.2) is 20.7 Å². The number of nitrogens with zero attached hydrogens (tertiary/aromatic N) is 3. The molecule has 0 aliphatic heterocycles. The lowest BCUT2D eigenvalue weighted by molar-refractivity contribution is 0.102. The highest BCUT2D eigenvalue weighted by Crippen LogP contribution is 2.29. The summed E-state index contributed by atoms with van der Waals surface area (Å²) in [7, 11) is 0. The van der Waals surface area contributed by atoms with E-state index in [2.05, 4.69) is 15.4 Å². The predicted molar refractivity (Wildman–Crippen MR) is 102 cm³/mol. The van der Waals surface area contributed by atoms with Gasteiger partial charge in [-0.3, -0.25) is 4.79 Å². The molecule has 4 aromatic rings. The second-order valence-electron chi connectivity index (χ2n) is 5.51. The third-order valence-corrected chi connectivity index (χ3v) is 5.35. The van der Waals surface area contributed by atoms with Gasteiger partial charge in [-0.25, -0.2) is 9.37 Å². The fourth-order valence-corrected chi connectivity index (χ4v) is 4.01. The number of anilines is 1. The van der Waals surface area contributed by atoms with Gasteiger partial charge in [-0.1, -0.05) is 18.2 Å². The van der Waals surface area contributed by atoms with Crippen LogP contribution in [0.25, 0.3) is 15.7 Å². The Morgan fingerprint density at radius 1 is 1.19 bits per heavy atom. The summed E-state index contributed by atoms with van der Waals surface area (Å²) in [6.07, 6.45) is 0. The van der Waals surface area contributed by atoms with Crippen molar-refractivity contribution in [3.63, 3.8) is 0 Å². The monoisotopic (exact) mass is 384 g/mol. The summed E-state index contributed by atoms with van der Waals surface area (Å²) in [6, 6.07) is 11.6. The molecule has 3 heterocycles. The molecule has 0 unspecified atom stereocenters. The molecule has 0 fully saturated rings. The van der Waals surface area contributed by atoms with Gasteiger partial charge in [0.2, 0.25) is 5.13 Å². The first-order valence-corrected chi connectivity index (χ1v) is 9.50. The molecule has 0 saturated heterocycles. The van der Waals surface area contributed by atoms with Gasteiger partial charge in [-0.2, -0.15) is 9.78 Å². The minimum Gasteiger partial charge on any atom is -0.306 e. The molecule has 8 heteroatoms. The lowest BCUT2D eigenvalue weighted by atomic mass is 10.2. The highest BCUT2D eigenvalue weighted by atomic mass is 32.1. The van der Waals surface area contributed by atoms with E-state index >= 15 is 0 Å². The van der Waals surface area contributed by atoms with Crippen LogP contribution in [0.4, 0.5) is 10.2 Å². The number of benzene rings is 1. The fraction of sp³-hybridized carbons (Fsp3) is 0.0556. The molecule has 0 radical (unpaired) electrons. The van der Waals surface area contributed by atoms with E-state index in [9.17, 15) is 9.18 Å². The zero-order chi connectivity index (χ0) is 18.1. The van der Waals surface area contributed by atoms with E-state index in [1.807, 2.05) is 29.8 Å². The number of carbonyl (C=O) groups is 1. The maximum Gasteiger partial charge on any atom is 0.259 e. The molecule has 130 valence electrons. The molecular weight excluding hydrogens is 371 g/mol. The molecule has 0 atom stereocenters. The summed E-state index contributed by atoms with van der Waals surface area (Å²) in [5.74, 6) is -0.649. The number of aryl methyl sites for hydroxylation is 1. The van der Waals surface area contributed by atoms with Crippen LogP contribution in [0.3, 0.4) is 0 Å². The summed E-state index contributed by atoms with van der Waals surface area (Å²) < 4.78 is 15.4. The van der Waals surface area contributed by atoms with Crippen LogP contribution < -0.4 is 5.32 Å². The molecule has 0 spiro atoms. The number of hydrogen-bond acceptors (Lipinski definition) is 5. The predicted octanol–water partition coefficient (Wildman–Crippen LogP) is 4.76. The van der Waals surface area contributed by atoms with E-state index in [1.54, 1.807) is 34.2 Å². The molecule has 0 aliphatic rings. The number of aromatic nitrogens is 3. The van der Waals surface area contributed by atoms with E-state index in [4.69, 9.17) is 0 Å². The molecule has 4 rings (SSSR count). The summed E-state index contributed by atoms with van der Waals surface area (Å²) in [5.41, 5.74) is 1.57. The van der Waals surface area contributed by atoms with Crippen LogP contribution in [0.5, 0.6) is 0 Å². The highest BCUT2D eigenvalue weighted by Gasteiger charge is 2.17. The van der Waals surface area contributed by atoms with Gasteiger partial charge in [0.25, 0.3) is 5.91 Å². The van der Waals surface area contributed by atoms with Crippen LogP contribution in [0.15, 0.2) is 53.2 Å². The molecule has 3 aromatic heterocycles. The van der Waals surface area contributed by atoms with Crippen molar-refractivity contribution in [1.29, 1.82) is 0 Å². The zero-order valence-electron chi connectivity index (χ0n) is 13.6. The Balaban J connectivity index is 1.65. The summed E-state index contributed by atoms with van der Waals surface area (Å²) in [4.78, 5) is 18.1. The number of hydrogen-bond donors (Lipinski definition) is 1. The van der Waals surface area contributed by atoms with Crippen LogP contribution in [-0.2, 0) is 0 Å². The van der Waals surface area contributed by atoms with Crippen molar-refractivity contribution in [2.24, 2.45) is 0 Å². The summed E-state index contributed by atoms with van der Waals surface area (Å²) >= 11 is 3.03. The number of thiazole rings is 1. The highest BCUT2D eigenvalue weighted by molar-refractivity contribution is 7.15. The van der Waals surface area contributed by atoms with E-state index in [0.29, 0.717) is 10.9 Å². The fourth-order valence-electron chi connectivity index (χ4n) is 2.46. The molecular formula is C18H13FN4OS2. The molecule has 1 N–H and O–H groups in total. The lowest BCUT2D eigenvalue weighted by Gasteiger charge is -2.07. The number of thiophene rings is 1. The van der Waals surface area contributed by atoms with Gasteiger partial charge < -0.3 is 5.32 Å². The average Bonchev–Trinajstić information content (AvgIpc) is 3.35. The summed E-state index contributed by atoms with van der Waals surface area (Å²) in [6.45, 7) is 1.82. The number of rotatable bonds is 4. The Bertz CT molecular complexity index is 1070. The maximum atomic E-state index is 13.8. The molecule has 1 amide bonds. The first kappa shape index (κ1) is 16.6. The smallest absolute Gasteiger partial charge is 0.259 e. The molecule has 0 bridgehead atoms. The standard InChI is InChI=1S/C18H13FN4OS2/c1-11-9-16(21-17(24)12-5-2-3-6-13(12)19)23(22-11)18-20-14(10-26-18)15-7-4-8-25-15/h2-10H,1H3,(H,21,24). The van der Waals surface area contributed by atoms with Crippen molar-refractivity contribution < 1.29 is 9.18 Å². The van der Waals surface area contributed by atoms with Gasteiger partial charge in [0.15, 0.2) is 0 Å². The molecule has 0 aliphatic carbocycles. The SMILES string of the molecule is Cc1cc(NC(=O)c2ccccc2F)n(-c2nc(-c3cccs3)cs2)n1. The topological polar surface area (TPSA) is 59.8 Å². The first-order chi connectivity index (χ1) is 12.6. The van der Waals surface area contributed by atoms with Crippen molar-refractivity contribution in [2.45, 2.75) is 6.92 Å². The summed E-state index contributed by atoms with van der Waals surface area (Å²) in [5, 5.41) is 11.7. The van der Waals surface area contributed by atoms with Crippen molar-refractivity contribution in [3.8, 4) is 15.7 Å². The van der Waals surface area contributed by atoms with Crippen LogP contribution in [0, 0.1) is 12.7 Å². The normalized spacial score (nSPS) is 10.8. The quantitative estimate of drug-likeness (QED) is 0.552. The number of carbonyl (C=O) groups excluding carboxylic acids is 1. The van der Waals surface area contributed by atoms with Crippen LogP contribution >= 0.6 is 22.7 Å². The van der Waals surface area contributed by atoms with Crippen LogP contribution in [0.2, 0.25) is 0 Å². The van der Waals surface area contributed by atoms with Crippen molar-refractivity contribution >= 4 is 34.4 Å². The lowest BCUT2D eigenvalue weighted by Crippen LogP contribution is -2.16. The Labute approximate surface area is 156 Å². The number of halogens is 1. The van der Waals surface area contributed by atoms with Gasteiger partial charge in [-0.05, 0) is 30.5 Å². The van der Waals surface area contributed by atoms with Crippen molar-refractivity contribution in [1.82, 2.24) is 14.8 Å². The van der Waals surface area contributed by atoms with Gasteiger partial charge in [-0.15, -0.1) is 22.7 Å². The first-order valence-electron chi connectivity index (χ1n) is 7.74. The Hall–Kier alpha value is -2.84. The van der Waals surface area contributed by atoms with E-state index in [1.165, 1.54) is 23.5 Å². The van der Waals surface area contributed by atoms with Crippen molar-refractivity contribution in [2.75, 3.05) is 5.32 Å². The molecule has 5 nitrogen and oxygen atoms in total. The Morgan fingerprint density at radius 2 is 2.04 bits per heavy atom. The third-order valence-electron chi connectivity index (χ3n) is 3.64. The van der Waals surface area contributed by atoms with E-state index < -0.39 is 11.7 Å². The van der Waals surface area contributed by atoms with E-state index in [0.717, 1.165) is 16.3 Å². The average molecular weight is 384 g/mol. The Morgan fingerprint density at radius 3 is 2.81 bits per heavy atom. The van der Waals surface area contributed by atoms with E-state index in [-0.39, 0.29) is 5.56 Å². The number of nitrogens with one attached hydrogen (secondary N) is 1. The largest absolute Gasteiger partial charge is 0.306 e. The minimum atomic E-state index is -0.568. The van der Waals surface area contributed by atoms with Gasteiger partial charge in [0.1, 0.15) is 11.6 Å². The van der Waals surface area contributed by atoms with Crippen molar-refractivity contribution in [3.05, 3.63) is 70.3 Å². The second kappa shape index (κ2) is 6.81. The van der Waals surface area contributed by atoms with Gasteiger partial charge in [0.05, 0.1) is 21.8 Å². The molecule has 1 aromatic carbocycles. The maximum absolute atomic E-state index is 13.8. The van der Waals surface area contributed by atoms with Gasteiger partial charge >= 0.3 is 0 Å². The Kier molecular flexibility index (Phi) is 4.36. The van der Waals surface area contributed by atoms with Crippen LogP contribution in [0.1, 0.15) is 16.1 Å². The molecule has 0 saturated carbocycles. The number of amides is 1. The zero-order valence-corrected chi connectivity index (χ0v) is 15.3. The third kappa shape index (κ3) is 3.16. The molecule has 26 heavy (non-hydrogen) atoms. The van der Waals surface area contributed by atoms with Gasteiger partial charge in [0, 0.05) is 11.4 Å². The minimum absolute atomic E-state index is 0.0173.